The molecular weight excluding hydrogens is 250 g/mol. The van der Waals surface area contributed by atoms with Crippen LogP contribution in [-0.2, 0) is 4.79 Å². The Hall–Kier alpha value is -1.49. The molecule has 0 heterocycles. The molecule has 5 heteroatoms. The molecule has 1 aliphatic rings. The first-order valence-electron chi connectivity index (χ1n) is 6.38. The van der Waals surface area contributed by atoms with E-state index in [1.807, 2.05) is 6.92 Å². The van der Waals surface area contributed by atoms with Crippen LogP contribution in [0.2, 0.25) is 0 Å². The van der Waals surface area contributed by atoms with E-state index in [0.29, 0.717) is 18.5 Å². The average molecular weight is 268 g/mol. The summed E-state index contributed by atoms with van der Waals surface area (Å²) in [5.41, 5.74) is 5.72. The van der Waals surface area contributed by atoms with Gasteiger partial charge in [0.25, 0.3) is 0 Å². The van der Waals surface area contributed by atoms with E-state index in [0.717, 1.165) is 18.9 Å². The van der Waals surface area contributed by atoms with Crippen molar-refractivity contribution in [3.63, 3.8) is 0 Å². The lowest BCUT2D eigenvalue weighted by atomic mass is 10.0. The molecule has 1 amide bonds. The van der Waals surface area contributed by atoms with Crippen LogP contribution < -0.4 is 11.1 Å². The Morgan fingerprint density at radius 3 is 2.42 bits per heavy atom. The molecule has 1 saturated carbocycles. The van der Waals surface area contributed by atoms with Crippen LogP contribution in [0.15, 0.2) is 18.2 Å². The van der Waals surface area contributed by atoms with Gasteiger partial charge in [-0.25, -0.2) is 8.78 Å². The minimum absolute atomic E-state index is 0.0496. The zero-order chi connectivity index (χ0) is 14.0. The van der Waals surface area contributed by atoms with Crippen molar-refractivity contribution in [1.29, 1.82) is 0 Å². The number of rotatable bonds is 6. The molecule has 1 unspecified atom stereocenters. The van der Waals surface area contributed by atoms with E-state index in [1.54, 1.807) is 0 Å². The van der Waals surface area contributed by atoms with Crippen molar-refractivity contribution in [2.45, 2.75) is 32.2 Å². The van der Waals surface area contributed by atoms with Crippen molar-refractivity contribution < 1.29 is 13.6 Å². The second kappa shape index (κ2) is 5.25. The Labute approximate surface area is 111 Å². The molecule has 104 valence electrons. The highest BCUT2D eigenvalue weighted by Crippen LogP contribution is 2.48. The third-order valence-electron chi connectivity index (χ3n) is 3.67. The van der Waals surface area contributed by atoms with E-state index in [2.05, 4.69) is 5.32 Å². The largest absolute Gasteiger partial charge is 0.370 e. The number of benzene rings is 1. The maximum Gasteiger partial charge on any atom is 0.218 e. The van der Waals surface area contributed by atoms with Crippen LogP contribution in [0.3, 0.4) is 0 Å². The summed E-state index contributed by atoms with van der Waals surface area (Å²) in [5, 5.41) is 3.22. The summed E-state index contributed by atoms with van der Waals surface area (Å²) in [6, 6.07) is 3.31. The molecule has 0 aliphatic heterocycles. The van der Waals surface area contributed by atoms with Gasteiger partial charge in [0.2, 0.25) is 5.91 Å². The van der Waals surface area contributed by atoms with E-state index in [1.165, 1.54) is 12.1 Å². The van der Waals surface area contributed by atoms with E-state index in [4.69, 9.17) is 5.73 Å². The van der Waals surface area contributed by atoms with Crippen LogP contribution in [0.5, 0.6) is 0 Å². The second-order valence-electron chi connectivity index (χ2n) is 5.45. The monoisotopic (exact) mass is 268 g/mol. The summed E-state index contributed by atoms with van der Waals surface area (Å²) in [5.74, 6) is -1.47. The number of nitrogens with two attached hydrogens (primary N) is 1. The number of primary amides is 1. The molecule has 0 bridgehead atoms. The van der Waals surface area contributed by atoms with Crippen LogP contribution in [0.4, 0.5) is 8.78 Å². The average Bonchev–Trinajstić information content (AvgIpc) is 3.04. The standard InChI is InChI=1S/C14H18F2N2O/c1-9(10-4-11(15)6-12(16)5-10)18-8-14(2-3-14)7-13(17)19/h4-6,9,18H,2-3,7-8H2,1H3,(H2,17,19). The first kappa shape index (κ1) is 13.9. The number of amides is 1. The lowest BCUT2D eigenvalue weighted by molar-refractivity contribution is -0.119. The van der Waals surface area contributed by atoms with Crippen molar-refractivity contribution in [3.05, 3.63) is 35.4 Å². The third-order valence-corrected chi connectivity index (χ3v) is 3.67. The Kier molecular flexibility index (Phi) is 3.85. The molecule has 1 atom stereocenters. The summed E-state index contributed by atoms with van der Waals surface area (Å²) in [4.78, 5) is 11.0. The Bertz CT molecular complexity index is 466. The molecule has 3 N–H and O–H groups in total. The zero-order valence-electron chi connectivity index (χ0n) is 10.9. The number of nitrogens with one attached hydrogen (secondary N) is 1. The van der Waals surface area contributed by atoms with Gasteiger partial charge in [0.1, 0.15) is 11.6 Å². The number of carbonyl (C=O) groups is 1. The normalized spacial score (nSPS) is 18.1. The Morgan fingerprint density at radius 2 is 1.95 bits per heavy atom. The van der Waals surface area contributed by atoms with Crippen molar-refractivity contribution in [3.8, 4) is 0 Å². The first-order chi connectivity index (χ1) is 8.90. The summed E-state index contributed by atoms with van der Waals surface area (Å²) < 4.78 is 26.2. The summed E-state index contributed by atoms with van der Waals surface area (Å²) in [7, 11) is 0. The summed E-state index contributed by atoms with van der Waals surface area (Å²) in [6.07, 6.45) is 2.30. The van der Waals surface area contributed by atoms with Crippen molar-refractivity contribution in [2.75, 3.05) is 6.54 Å². The van der Waals surface area contributed by atoms with Crippen molar-refractivity contribution in [2.24, 2.45) is 11.1 Å². The SMILES string of the molecule is CC(NCC1(CC(N)=O)CC1)c1cc(F)cc(F)c1. The molecular formula is C14H18F2N2O. The van der Waals surface area contributed by atoms with Gasteiger partial charge in [0, 0.05) is 25.1 Å². The fraction of sp³-hybridized carbons (Fsp3) is 0.500. The van der Waals surface area contributed by atoms with Gasteiger partial charge in [-0.3, -0.25) is 4.79 Å². The smallest absolute Gasteiger partial charge is 0.218 e. The highest BCUT2D eigenvalue weighted by atomic mass is 19.1. The molecule has 1 aromatic carbocycles. The van der Waals surface area contributed by atoms with Gasteiger partial charge >= 0.3 is 0 Å². The van der Waals surface area contributed by atoms with Crippen molar-refractivity contribution in [1.82, 2.24) is 5.32 Å². The molecule has 0 spiro atoms. The quantitative estimate of drug-likeness (QED) is 0.831. The van der Waals surface area contributed by atoms with Gasteiger partial charge in [-0.1, -0.05) is 0 Å². The van der Waals surface area contributed by atoms with E-state index in [9.17, 15) is 13.6 Å². The fourth-order valence-electron chi connectivity index (χ4n) is 2.28. The zero-order valence-corrected chi connectivity index (χ0v) is 10.9. The van der Waals surface area contributed by atoms with Crippen LogP contribution >= 0.6 is 0 Å². The van der Waals surface area contributed by atoms with Gasteiger partial charge < -0.3 is 11.1 Å². The highest BCUT2D eigenvalue weighted by molar-refractivity contribution is 5.75. The topological polar surface area (TPSA) is 55.1 Å². The molecule has 1 aliphatic carbocycles. The first-order valence-corrected chi connectivity index (χ1v) is 6.38. The lowest BCUT2D eigenvalue weighted by Gasteiger charge is -2.19. The highest BCUT2D eigenvalue weighted by Gasteiger charge is 2.43. The predicted molar refractivity (Wildman–Crippen MR) is 68.3 cm³/mol. The van der Waals surface area contributed by atoms with E-state index < -0.39 is 11.6 Å². The maximum atomic E-state index is 13.1. The maximum absolute atomic E-state index is 13.1. The Balaban J connectivity index is 1.94. The minimum Gasteiger partial charge on any atom is -0.370 e. The number of halogens is 2. The predicted octanol–water partition coefficient (Wildman–Crippen LogP) is 2.27. The van der Waals surface area contributed by atoms with Crippen LogP contribution in [0.25, 0.3) is 0 Å². The van der Waals surface area contributed by atoms with E-state index in [-0.39, 0.29) is 17.4 Å². The minimum atomic E-state index is -0.582. The Morgan fingerprint density at radius 1 is 1.37 bits per heavy atom. The van der Waals surface area contributed by atoms with Gasteiger partial charge in [-0.2, -0.15) is 0 Å². The molecule has 2 rings (SSSR count). The van der Waals surface area contributed by atoms with E-state index >= 15 is 0 Å². The van der Waals surface area contributed by atoms with Crippen LogP contribution in [0, 0.1) is 17.0 Å². The lowest BCUT2D eigenvalue weighted by Crippen LogP contribution is -2.30. The summed E-state index contributed by atoms with van der Waals surface area (Å²) in [6.45, 7) is 2.48. The third kappa shape index (κ3) is 3.73. The molecule has 19 heavy (non-hydrogen) atoms. The number of hydrogen-bond acceptors (Lipinski definition) is 2. The van der Waals surface area contributed by atoms with Gasteiger partial charge in [-0.15, -0.1) is 0 Å². The second-order valence-corrected chi connectivity index (χ2v) is 5.45. The number of hydrogen-bond donors (Lipinski definition) is 2. The van der Waals surface area contributed by atoms with Crippen LogP contribution in [0.1, 0.15) is 37.8 Å². The number of carbonyl (C=O) groups excluding carboxylic acids is 1. The van der Waals surface area contributed by atoms with Crippen molar-refractivity contribution >= 4 is 5.91 Å². The van der Waals surface area contributed by atoms with Crippen LogP contribution in [-0.4, -0.2) is 12.5 Å². The van der Waals surface area contributed by atoms with Gasteiger partial charge in [-0.05, 0) is 42.9 Å². The van der Waals surface area contributed by atoms with Gasteiger partial charge in [0.15, 0.2) is 0 Å². The fourth-order valence-corrected chi connectivity index (χ4v) is 2.28. The molecule has 0 radical (unpaired) electrons. The molecule has 1 aromatic rings. The molecule has 0 saturated heterocycles. The molecule has 0 aromatic heterocycles. The van der Waals surface area contributed by atoms with Gasteiger partial charge in [0.05, 0.1) is 0 Å². The molecule has 1 fully saturated rings. The summed E-state index contributed by atoms with van der Waals surface area (Å²) >= 11 is 0. The molecule has 3 nitrogen and oxygen atoms in total.